The fourth-order valence-corrected chi connectivity index (χ4v) is 2.66. The second-order valence-electron chi connectivity index (χ2n) is 4.45. The molecule has 3 N–H and O–H groups in total. The number of carbonyl (C=O) groups excluding carboxylic acids is 1. The molecule has 1 atom stereocenters. The molecule has 2 rings (SSSR count). The van der Waals surface area contributed by atoms with E-state index in [0.717, 1.165) is 16.3 Å². The van der Waals surface area contributed by atoms with Crippen LogP contribution >= 0.6 is 11.3 Å². The third kappa shape index (κ3) is 3.39. The Labute approximate surface area is 116 Å². The van der Waals surface area contributed by atoms with E-state index in [4.69, 9.17) is 5.73 Å². The molecule has 1 amide bonds. The zero-order valence-electron chi connectivity index (χ0n) is 11.0. The van der Waals surface area contributed by atoms with Crippen LogP contribution in [0.3, 0.4) is 0 Å². The number of nitrogens with two attached hydrogens (primary N) is 1. The predicted octanol–water partition coefficient (Wildman–Crippen LogP) is 2.40. The summed E-state index contributed by atoms with van der Waals surface area (Å²) < 4.78 is 0. The van der Waals surface area contributed by atoms with Crippen molar-refractivity contribution in [1.82, 2.24) is 10.3 Å². The molecule has 1 unspecified atom stereocenters. The summed E-state index contributed by atoms with van der Waals surface area (Å²) in [6.07, 6.45) is 0. The van der Waals surface area contributed by atoms with Crippen LogP contribution in [-0.4, -0.2) is 10.9 Å². The van der Waals surface area contributed by atoms with E-state index in [1.807, 2.05) is 30.5 Å². The van der Waals surface area contributed by atoms with Crippen LogP contribution in [0.15, 0.2) is 29.6 Å². The number of primary amides is 1. The molecular weight excluding hydrogens is 258 g/mol. The average Bonchev–Trinajstić information content (AvgIpc) is 2.83. The number of aryl methyl sites for hydroxylation is 1. The van der Waals surface area contributed by atoms with E-state index in [0.29, 0.717) is 12.1 Å². The number of hydrogen-bond donors (Lipinski definition) is 2. The molecule has 0 aliphatic carbocycles. The molecule has 0 saturated heterocycles. The Kier molecular flexibility index (Phi) is 4.29. The first kappa shape index (κ1) is 13.7. The Morgan fingerprint density at radius 1 is 1.47 bits per heavy atom. The number of nitrogens with one attached hydrogen (secondary N) is 1. The van der Waals surface area contributed by atoms with Crippen molar-refractivity contribution in [2.45, 2.75) is 26.4 Å². The third-order valence-corrected chi connectivity index (χ3v) is 4.03. The monoisotopic (exact) mass is 275 g/mol. The van der Waals surface area contributed by atoms with Gasteiger partial charge in [-0.15, -0.1) is 11.3 Å². The first-order valence-electron chi connectivity index (χ1n) is 6.11. The molecule has 4 nitrogen and oxygen atoms in total. The van der Waals surface area contributed by atoms with Crippen molar-refractivity contribution >= 4 is 17.2 Å². The molecule has 19 heavy (non-hydrogen) atoms. The van der Waals surface area contributed by atoms with Gasteiger partial charge in [0, 0.05) is 23.2 Å². The molecular formula is C14H17N3OS. The zero-order valence-corrected chi connectivity index (χ0v) is 11.8. The fourth-order valence-electron chi connectivity index (χ4n) is 1.84. The molecule has 1 heterocycles. The molecule has 0 aliphatic rings. The Morgan fingerprint density at radius 3 is 2.84 bits per heavy atom. The number of hydrogen-bond acceptors (Lipinski definition) is 4. The summed E-state index contributed by atoms with van der Waals surface area (Å²) >= 11 is 1.64. The second-order valence-corrected chi connectivity index (χ2v) is 5.34. The van der Waals surface area contributed by atoms with E-state index in [9.17, 15) is 4.79 Å². The van der Waals surface area contributed by atoms with E-state index < -0.39 is 5.91 Å². The lowest BCUT2D eigenvalue weighted by Gasteiger charge is -2.12. The SMILES string of the molecule is Cc1csc(C(C)NCc2ccccc2C(N)=O)n1. The van der Waals surface area contributed by atoms with Crippen LogP contribution < -0.4 is 11.1 Å². The lowest BCUT2D eigenvalue weighted by molar-refractivity contribution is 0.0999. The summed E-state index contributed by atoms with van der Waals surface area (Å²) in [4.78, 5) is 15.8. The van der Waals surface area contributed by atoms with Gasteiger partial charge in [-0.05, 0) is 25.5 Å². The van der Waals surface area contributed by atoms with Crippen LogP contribution in [0.2, 0.25) is 0 Å². The fraction of sp³-hybridized carbons (Fsp3) is 0.286. The van der Waals surface area contributed by atoms with E-state index in [1.165, 1.54) is 0 Å². The predicted molar refractivity (Wildman–Crippen MR) is 77.1 cm³/mol. The number of aromatic nitrogens is 1. The minimum atomic E-state index is -0.393. The number of amides is 1. The Morgan fingerprint density at radius 2 is 2.21 bits per heavy atom. The normalized spacial score (nSPS) is 12.3. The average molecular weight is 275 g/mol. The summed E-state index contributed by atoms with van der Waals surface area (Å²) in [5.74, 6) is -0.393. The largest absolute Gasteiger partial charge is 0.366 e. The number of rotatable bonds is 5. The van der Waals surface area contributed by atoms with Crippen molar-refractivity contribution in [2.75, 3.05) is 0 Å². The van der Waals surface area contributed by atoms with E-state index >= 15 is 0 Å². The topological polar surface area (TPSA) is 68.0 Å². The minimum Gasteiger partial charge on any atom is -0.366 e. The van der Waals surface area contributed by atoms with E-state index in [-0.39, 0.29) is 6.04 Å². The summed E-state index contributed by atoms with van der Waals surface area (Å²) in [6, 6.07) is 7.53. The minimum absolute atomic E-state index is 0.152. The van der Waals surface area contributed by atoms with Gasteiger partial charge in [0.1, 0.15) is 5.01 Å². The number of thiazole rings is 1. The van der Waals surface area contributed by atoms with Crippen molar-refractivity contribution < 1.29 is 4.79 Å². The van der Waals surface area contributed by atoms with Crippen LogP contribution in [-0.2, 0) is 6.54 Å². The van der Waals surface area contributed by atoms with Crippen LogP contribution in [0.5, 0.6) is 0 Å². The number of benzene rings is 1. The van der Waals surface area contributed by atoms with Crippen molar-refractivity contribution in [3.05, 3.63) is 51.5 Å². The van der Waals surface area contributed by atoms with Crippen molar-refractivity contribution in [3.8, 4) is 0 Å². The number of carbonyl (C=O) groups is 1. The number of nitrogens with zero attached hydrogens (tertiary/aromatic N) is 1. The molecule has 0 aliphatic heterocycles. The van der Waals surface area contributed by atoms with Gasteiger partial charge in [-0.2, -0.15) is 0 Å². The highest BCUT2D eigenvalue weighted by molar-refractivity contribution is 7.09. The molecule has 100 valence electrons. The lowest BCUT2D eigenvalue weighted by atomic mass is 10.1. The molecule has 1 aromatic heterocycles. The maximum absolute atomic E-state index is 11.3. The van der Waals surface area contributed by atoms with Crippen molar-refractivity contribution in [2.24, 2.45) is 5.73 Å². The first-order chi connectivity index (χ1) is 9.08. The molecule has 0 radical (unpaired) electrons. The van der Waals surface area contributed by atoms with Crippen molar-refractivity contribution in [3.63, 3.8) is 0 Å². The van der Waals surface area contributed by atoms with Gasteiger partial charge in [-0.25, -0.2) is 4.98 Å². The highest BCUT2D eigenvalue weighted by atomic mass is 32.1. The molecule has 1 aromatic carbocycles. The van der Waals surface area contributed by atoms with Gasteiger partial charge < -0.3 is 11.1 Å². The van der Waals surface area contributed by atoms with Crippen LogP contribution in [0.4, 0.5) is 0 Å². The van der Waals surface area contributed by atoms with Gasteiger partial charge in [0.2, 0.25) is 5.91 Å². The van der Waals surface area contributed by atoms with Crippen LogP contribution in [0, 0.1) is 6.92 Å². The Bertz CT molecular complexity index is 580. The smallest absolute Gasteiger partial charge is 0.249 e. The standard InChI is InChI=1S/C14H17N3OS/c1-9-8-19-14(17-9)10(2)16-7-11-5-3-4-6-12(11)13(15)18/h3-6,8,10,16H,7H2,1-2H3,(H2,15,18). The zero-order chi connectivity index (χ0) is 13.8. The van der Waals surface area contributed by atoms with Gasteiger partial charge in [-0.3, -0.25) is 4.79 Å². The first-order valence-corrected chi connectivity index (χ1v) is 6.99. The molecule has 0 saturated carbocycles. The molecule has 0 bridgehead atoms. The van der Waals surface area contributed by atoms with Gasteiger partial charge in [0.05, 0.1) is 6.04 Å². The van der Waals surface area contributed by atoms with Crippen LogP contribution in [0.25, 0.3) is 0 Å². The summed E-state index contributed by atoms with van der Waals surface area (Å²) in [5, 5.41) is 6.45. The molecule has 2 aromatic rings. The summed E-state index contributed by atoms with van der Waals surface area (Å²) in [5.41, 5.74) is 7.87. The van der Waals surface area contributed by atoms with Crippen LogP contribution in [0.1, 0.15) is 39.6 Å². The van der Waals surface area contributed by atoms with E-state index in [2.05, 4.69) is 17.2 Å². The van der Waals surface area contributed by atoms with Gasteiger partial charge >= 0.3 is 0 Å². The summed E-state index contributed by atoms with van der Waals surface area (Å²) in [6.45, 7) is 4.64. The molecule has 0 spiro atoms. The summed E-state index contributed by atoms with van der Waals surface area (Å²) in [7, 11) is 0. The van der Waals surface area contributed by atoms with Gasteiger partial charge in [0.15, 0.2) is 0 Å². The Balaban J connectivity index is 2.05. The lowest BCUT2D eigenvalue weighted by Crippen LogP contribution is -2.21. The Hall–Kier alpha value is -1.72. The maximum Gasteiger partial charge on any atom is 0.249 e. The van der Waals surface area contributed by atoms with Gasteiger partial charge in [-0.1, -0.05) is 18.2 Å². The highest BCUT2D eigenvalue weighted by Crippen LogP contribution is 2.18. The molecule has 5 heteroatoms. The van der Waals surface area contributed by atoms with E-state index in [1.54, 1.807) is 17.4 Å². The van der Waals surface area contributed by atoms with Gasteiger partial charge in [0.25, 0.3) is 0 Å². The second kappa shape index (κ2) is 5.95. The quantitative estimate of drug-likeness (QED) is 0.880. The third-order valence-electron chi connectivity index (χ3n) is 2.89. The highest BCUT2D eigenvalue weighted by Gasteiger charge is 2.11. The van der Waals surface area contributed by atoms with Crippen molar-refractivity contribution in [1.29, 1.82) is 0 Å². The maximum atomic E-state index is 11.3. The molecule has 0 fully saturated rings.